The first kappa shape index (κ1) is 15.8. The zero-order chi connectivity index (χ0) is 15.1. The first-order valence-electron chi connectivity index (χ1n) is 7.72. The number of nitriles is 1. The van der Waals surface area contributed by atoms with Crippen LogP contribution in [0.25, 0.3) is 0 Å². The topological polar surface area (TPSA) is 65.3 Å². The van der Waals surface area contributed by atoms with Crippen molar-refractivity contribution in [3.63, 3.8) is 0 Å². The van der Waals surface area contributed by atoms with Crippen molar-refractivity contribution in [3.05, 3.63) is 29.8 Å². The monoisotopic (exact) mass is 288 g/mol. The lowest BCUT2D eigenvalue weighted by molar-refractivity contribution is 0.0684. The van der Waals surface area contributed by atoms with E-state index in [0.717, 1.165) is 31.6 Å². The van der Waals surface area contributed by atoms with Gasteiger partial charge in [-0.05, 0) is 43.4 Å². The van der Waals surface area contributed by atoms with Crippen LogP contribution in [0.3, 0.4) is 0 Å². The molecule has 2 N–H and O–H groups in total. The Bertz CT molecular complexity index is 467. The summed E-state index contributed by atoms with van der Waals surface area (Å²) in [7, 11) is 0. The Kier molecular flexibility index (Phi) is 6.04. The van der Waals surface area contributed by atoms with Crippen LogP contribution in [0.1, 0.15) is 44.2 Å². The molecule has 0 bridgehead atoms. The van der Waals surface area contributed by atoms with E-state index in [1.807, 2.05) is 30.3 Å². The molecule has 1 fully saturated rings. The average molecular weight is 288 g/mol. The Morgan fingerprint density at radius 2 is 2.05 bits per heavy atom. The normalized spacial score (nSPS) is 23.3. The molecule has 21 heavy (non-hydrogen) atoms. The highest BCUT2D eigenvalue weighted by Gasteiger charge is 2.23. The summed E-state index contributed by atoms with van der Waals surface area (Å²) < 4.78 is 5.24. The molecule has 1 aliphatic rings. The molecule has 0 amide bonds. The van der Waals surface area contributed by atoms with Gasteiger partial charge in [-0.25, -0.2) is 0 Å². The van der Waals surface area contributed by atoms with Gasteiger partial charge in [-0.15, -0.1) is 0 Å². The third-order valence-corrected chi connectivity index (χ3v) is 4.24. The number of benzene rings is 1. The van der Waals surface area contributed by atoms with Crippen molar-refractivity contribution in [3.8, 4) is 11.8 Å². The van der Waals surface area contributed by atoms with Gasteiger partial charge in [0.25, 0.3) is 0 Å². The fourth-order valence-electron chi connectivity index (χ4n) is 2.84. The molecule has 4 nitrogen and oxygen atoms in total. The summed E-state index contributed by atoms with van der Waals surface area (Å²) in [5.41, 5.74) is 1.18. The molecule has 1 saturated carbocycles. The molecule has 3 atom stereocenters. The maximum Gasteiger partial charge on any atom is 0.174 e. The summed E-state index contributed by atoms with van der Waals surface area (Å²) in [6, 6.07) is 10.0. The van der Waals surface area contributed by atoms with E-state index in [-0.39, 0.29) is 18.8 Å². The highest BCUT2D eigenvalue weighted by Crippen LogP contribution is 2.25. The Morgan fingerprint density at radius 1 is 1.33 bits per heavy atom. The second-order valence-corrected chi connectivity index (χ2v) is 5.76. The quantitative estimate of drug-likeness (QED) is 0.845. The summed E-state index contributed by atoms with van der Waals surface area (Å²) in [5, 5.41) is 22.0. The van der Waals surface area contributed by atoms with Crippen molar-refractivity contribution in [1.29, 1.82) is 5.26 Å². The minimum absolute atomic E-state index is 0.0761. The van der Waals surface area contributed by atoms with E-state index < -0.39 is 0 Å². The van der Waals surface area contributed by atoms with Gasteiger partial charge in [-0.3, -0.25) is 0 Å². The summed E-state index contributed by atoms with van der Waals surface area (Å²) in [6.45, 7) is 3.06. The lowest BCUT2D eigenvalue weighted by Crippen LogP contribution is -2.34. The minimum atomic E-state index is -0.153. The molecule has 0 aliphatic heterocycles. The SMILES string of the molecule is CC(NCC1CCCCC1O)c1ccc(OCC#N)cc1. The second kappa shape index (κ2) is 8.02. The number of aliphatic hydroxyl groups is 1. The fraction of sp³-hybridized carbons (Fsp3) is 0.588. The van der Waals surface area contributed by atoms with Gasteiger partial charge in [0.15, 0.2) is 6.61 Å². The lowest BCUT2D eigenvalue weighted by atomic mass is 9.86. The third-order valence-electron chi connectivity index (χ3n) is 4.24. The Balaban J connectivity index is 1.82. The van der Waals surface area contributed by atoms with E-state index in [4.69, 9.17) is 10.00 Å². The van der Waals surface area contributed by atoms with Gasteiger partial charge < -0.3 is 15.2 Å². The first-order valence-corrected chi connectivity index (χ1v) is 7.72. The number of ether oxygens (including phenoxy) is 1. The van der Waals surface area contributed by atoms with Crippen molar-refractivity contribution in [2.75, 3.05) is 13.2 Å². The van der Waals surface area contributed by atoms with E-state index >= 15 is 0 Å². The van der Waals surface area contributed by atoms with Gasteiger partial charge in [0.1, 0.15) is 11.8 Å². The van der Waals surface area contributed by atoms with Crippen molar-refractivity contribution >= 4 is 0 Å². The van der Waals surface area contributed by atoms with Crippen LogP contribution in [-0.4, -0.2) is 24.4 Å². The number of aliphatic hydroxyl groups excluding tert-OH is 1. The molecule has 0 radical (unpaired) electrons. The standard InChI is InChI=1S/C17H24N2O2/c1-13(19-12-15-4-2-3-5-17(15)20)14-6-8-16(9-7-14)21-11-10-18/h6-9,13,15,17,19-20H,2-5,11-12H2,1H3. The van der Waals surface area contributed by atoms with Crippen LogP contribution in [-0.2, 0) is 0 Å². The molecule has 4 heteroatoms. The number of hydrogen-bond donors (Lipinski definition) is 2. The molecule has 0 spiro atoms. The molecule has 2 rings (SSSR count). The number of rotatable bonds is 6. The minimum Gasteiger partial charge on any atom is -0.479 e. The van der Waals surface area contributed by atoms with Crippen LogP contribution in [0, 0.1) is 17.2 Å². The molecular formula is C17H24N2O2. The van der Waals surface area contributed by atoms with Crippen molar-refractivity contribution in [2.45, 2.75) is 44.8 Å². The molecule has 1 aromatic rings. The van der Waals surface area contributed by atoms with Crippen LogP contribution < -0.4 is 10.1 Å². The van der Waals surface area contributed by atoms with E-state index in [1.54, 1.807) is 0 Å². The molecule has 1 aliphatic carbocycles. The molecular weight excluding hydrogens is 264 g/mol. The van der Waals surface area contributed by atoms with E-state index in [9.17, 15) is 5.11 Å². The molecule has 3 unspecified atom stereocenters. The number of nitrogens with zero attached hydrogens (tertiary/aromatic N) is 1. The second-order valence-electron chi connectivity index (χ2n) is 5.76. The van der Waals surface area contributed by atoms with Crippen LogP contribution in [0.5, 0.6) is 5.75 Å². The molecule has 114 valence electrons. The lowest BCUT2D eigenvalue weighted by Gasteiger charge is -2.29. The zero-order valence-electron chi connectivity index (χ0n) is 12.6. The van der Waals surface area contributed by atoms with Crippen molar-refractivity contribution < 1.29 is 9.84 Å². The van der Waals surface area contributed by atoms with E-state index in [0.29, 0.717) is 5.92 Å². The number of nitrogens with one attached hydrogen (secondary N) is 1. The van der Waals surface area contributed by atoms with E-state index in [1.165, 1.54) is 12.0 Å². The van der Waals surface area contributed by atoms with Gasteiger partial charge in [0.2, 0.25) is 0 Å². The van der Waals surface area contributed by atoms with Gasteiger partial charge in [-0.1, -0.05) is 25.0 Å². The molecule has 0 aromatic heterocycles. The Labute approximate surface area is 126 Å². The molecule has 1 aromatic carbocycles. The zero-order valence-corrected chi connectivity index (χ0v) is 12.6. The summed E-state index contributed by atoms with van der Waals surface area (Å²) >= 11 is 0. The first-order chi connectivity index (χ1) is 10.2. The van der Waals surface area contributed by atoms with Gasteiger partial charge in [0.05, 0.1) is 6.10 Å². The largest absolute Gasteiger partial charge is 0.479 e. The third kappa shape index (κ3) is 4.73. The van der Waals surface area contributed by atoms with Gasteiger partial charge >= 0.3 is 0 Å². The highest BCUT2D eigenvalue weighted by molar-refractivity contribution is 5.29. The number of hydrogen-bond acceptors (Lipinski definition) is 4. The van der Waals surface area contributed by atoms with Crippen LogP contribution in [0.4, 0.5) is 0 Å². The Morgan fingerprint density at radius 3 is 2.71 bits per heavy atom. The van der Waals surface area contributed by atoms with Crippen LogP contribution in [0.2, 0.25) is 0 Å². The summed E-state index contributed by atoms with van der Waals surface area (Å²) in [4.78, 5) is 0. The fourth-order valence-corrected chi connectivity index (χ4v) is 2.84. The summed E-state index contributed by atoms with van der Waals surface area (Å²) in [5.74, 6) is 1.09. The molecule has 0 heterocycles. The smallest absolute Gasteiger partial charge is 0.174 e. The van der Waals surface area contributed by atoms with Gasteiger partial charge in [0, 0.05) is 12.6 Å². The highest BCUT2D eigenvalue weighted by atomic mass is 16.5. The van der Waals surface area contributed by atoms with Crippen LogP contribution >= 0.6 is 0 Å². The Hall–Kier alpha value is -1.57. The maximum atomic E-state index is 9.99. The maximum absolute atomic E-state index is 9.99. The van der Waals surface area contributed by atoms with E-state index in [2.05, 4.69) is 12.2 Å². The van der Waals surface area contributed by atoms with Gasteiger partial charge in [-0.2, -0.15) is 5.26 Å². The predicted molar refractivity (Wildman–Crippen MR) is 81.9 cm³/mol. The molecule has 0 saturated heterocycles. The summed E-state index contributed by atoms with van der Waals surface area (Å²) in [6.07, 6.45) is 4.27. The van der Waals surface area contributed by atoms with Crippen LogP contribution in [0.15, 0.2) is 24.3 Å². The van der Waals surface area contributed by atoms with Crippen molar-refractivity contribution in [1.82, 2.24) is 5.32 Å². The average Bonchev–Trinajstić information content (AvgIpc) is 2.52. The van der Waals surface area contributed by atoms with Crippen molar-refractivity contribution in [2.24, 2.45) is 5.92 Å². The predicted octanol–water partition coefficient (Wildman–Crippen LogP) is 2.79.